The molecule has 0 aliphatic carbocycles. The minimum Gasteiger partial charge on any atom is -0.497 e. The summed E-state index contributed by atoms with van der Waals surface area (Å²) in [6.45, 7) is 23.5. The average Bonchev–Trinajstić information content (AvgIpc) is 1.62. The molecule has 0 unspecified atom stereocenters. The van der Waals surface area contributed by atoms with Gasteiger partial charge in [-0.1, -0.05) is 200 Å². The number of fused-ring (bicyclic) bond motifs is 2. The first-order valence-corrected chi connectivity index (χ1v) is 53.9. The van der Waals surface area contributed by atoms with Crippen LogP contribution in [0.5, 0.6) is 5.75 Å². The number of rotatable bonds is 35. The molecule has 0 radical (unpaired) electrons. The quantitative estimate of drug-likeness (QED) is 0.0246. The number of aliphatic hydroxyl groups is 4. The van der Waals surface area contributed by atoms with Gasteiger partial charge in [0.15, 0.2) is 23.1 Å². The van der Waals surface area contributed by atoms with Crippen molar-refractivity contribution in [2.45, 2.75) is 246 Å². The Balaban J connectivity index is 0.000000148. The molecule has 7 aromatic carbocycles. The van der Waals surface area contributed by atoms with E-state index in [-0.39, 0.29) is 147 Å². The van der Waals surface area contributed by atoms with Gasteiger partial charge in [0.05, 0.1) is 145 Å². The molecule has 6 amide bonds. The van der Waals surface area contributed by atoms with E-state index in [0.717, 1.165) is 112 Å². The fourth-order valence-corrected chi connectivity index (χ4v) is 23.4. The molecule has 6 aliphatic rings. The minimum atomic E-state index is -0.768. The van der Waals surface area contributed by atoms with Crippen molar-refractivity contribution in [3.05, 3.63) is 295 Å². The van der Waals surface area contributed by atoms with Crippen LogP contribution < -0.4 is 10.1 Å². The second-order valence-electron chi connectivity index (χ2n) is 40.4. The SMILES string of the molecule is CC[C@H](C)[C@H](NCCc1ccccc1)C(=O)N1C[C@H](O)C[C@H]1C(=O)CCc1ccc(-c2scnc2C)cc1.COc1ccc(C)c(C(=O)N2C[C@H](O)C[C@H]2C(=O)CCc2ccc(-c3scnc3C)cc2)c1.Cc1ncn(C)c1-c1ccc(CCC(=O)[C@@H]2C[C@@H](O)CN2C(=O)[C@H](C(C)C)N2Cc3ccccc3C2=O)cc1.Cc1ncsc1-c1ccc(CCC(=O)[C@@H]2C[C@@H](O)CN2C(=O)[C@H](C(C)C)N2Cc3ncccc3C2=O)cc1. The molecular formula is C117H135N13O15S3. The van der Waals surface area contributed by atoms with Gasteiger partial charge in [-0.05, 0) is 177 Å². The molecule has 6 aliphatic heterocycles. The summed E-state index contributed by atoms with van der Waals surface area (Å²) in [6, 6.07) is 54.7. The summed E-state index contributed by atoms with van der Waals surface area (Å²) in [5.41, 5.74) is 24.4. The number of carbonyl (C=O) groups excluding carboxylic acids is 10. The number of ether oxygens (including phenoxy) is 1. The molecule has 5 N–H and O–H groups in total. The van der Waals surface area contributed by atoms with Gasteiger partial charge in [-0.3, -0.25) is 52.9 Å². The number of aromatic nitrogens is 6. The number of imidazole rings is 1. The number of Topliss-reactive ketones (excluding diaryl/α,β-unsaturated/α-hetero) is 4. The van der Waals surface area contributed by atoms with Crippen molar-refractivity contribution in [2.75, 3.05) is 39.8 Å². The molecule has 776 valence electrons. The fraction of sp³-hybridized carbons (Fsp3) is 0.410. The molecule has 12 aromatic rings. The lowest BCUT2D eigenvalue weighted by molar-refractivity contribution is -0.143. The third kappa shape index (κ3) is 25.9. The van der Waals surface area contributed by atoms with Crippen molar-refractivity contribution in [2.24, 2.45) is 24.8 Å². The number of aliphatic hydroxyl groups excluding tert-OH is 4. The predicted octanol–water partition coefficient (Wildman–Crippen LogP) is 16.2. The van der Waals surface area contributed by atoms with Gasteiger partial charge in [0, 0.05) is 114 Å². The molecule has 0 spiro atoms. The normalized spacial score (nSPS) is 19.1. The van der Waals surface area contributed by atoms with E-state index in [2.05, 4.69) is 92.6 Å². The standard InChI is InChI=1S/C31H36N4O4.C31H39N3O3S.C29H32N4O4S.C26H28N2O4S/c1-19(2)28(35-16-23-7-5-6-8-25(23)30(35)38)31(39)34-17-24(36)15-26(34)27(37)14-11-21-9-12-22(13-10-21)29-20(3)32-18-33(29)4;1-4-21(2)29(32-17-16-23-8-6-5-7-9-23)31(37)34-19-26(35)18-27(34)28(36)15-12-24-10-13-25(14-11-24)30-22(3)33-20-38-30;1-17(2)26(33-15-23-22(28(33)36)5-4-12-30-23)29(37)32-14-21(34)13-24(32)25(35)11-8-19-6-9-20(10-7-19)27-18(3)31-16-38-27;1-16-4-10-21(32-3)13-22(16)26(31)28-14-20(29)12-23(28)24(30)11-7-18-5-8-19(9-6-18)25-17(2)27-15-33-25/h5-10,12-13,18-19,24,26,28,36H,11,14-17H2,1-4H3;5-11,13-14,20-21,26-27,29,32,35H,4,12,15-19H2,1-3H3;4-7,9-10,12,16-17,21,24,26,34H,8,11,13-15H2,1-3H3;4-6,8-10,13,15,20,23,29H,7,11-12,14H2,1-3H3/t24-,26+,28+;21-,26+,27-,29-;21-,24+,26+;20-,23+/m1011/s1. The van der Waals surface area contributed by atoms with Crippen molar-refractivity contribution in [3.8, 4) is 48.3 Å². The minimum absolute atomic E-state index is 0.0180. The predicted molar refractivity (Wildman–Crippen MR) is 574 cm³/mol. The molecule has 12 atom stereocenters. The van der Waals surface area contributed by atoms with Gasteiger partial charge in [0.2, 0.25) is 17.7 Å². The first-order valence-electron chi connectivity index (χ1n) is 51.3. The van der Waals surface area contributed by atoms with E-state index in [1.165, 1.54) is 20.3 Å². The van der Waals surface area contributed by atoms with Gasteiger partial charge < -0.3 is 64.4 Å². The number of ketones is 4. The summed E-state index contributed by atoms with van der Waals surface area (Å²) >= 11 is 4.84. The molecule has 28 nitrogen and oxygen atoms in total. The van der Waals surface area contributed by atoms with E-state index in [0.29, 0.717) is 86.2 Å². The first-order chi connectivity index (χ1) is 71.1. The molecule has 0 bridgehead atoms. The highest BCUT2D eigenvalue weighted by atomic mass is 32.1. The zero-order chi connectivity index (χ0) is 105. The van der Waals surface area contributed by atoms with Crippen molar-refractivity contribution >= 4 is 92.6 Å². The highest BCUT2D eigenvalue weighted by molar-refractivity contribution is 7.14. The molecular weight excluding hydrogens is 1920 g/mol. The van der Waals surface area contributed by atoms with E-state index >= 15 is 0 Å². The Morgan fingerprint density at radius 3 is 1.22 bits per heavy atom. The van der Waals surface area contributed by atoms with Crippen LogP contribution in [0.2, 0.25) is 0 Å². The van der Waals surface area contributed by atoms with E-state index < -0.39 is 60.7 Å². The zero-order valence-electron chi connectivity index (χ0n) is 86.5. The molecule has 148 heavy (non-hydrogen) atoms. The lowest BCUT2D eigenvalue weighted by Gasteiger charge is -2.35. The van der Waals surface area contributed by atoms with E-state index in [9.17, 15) is 68.4 Å². The Kier molecular flexibility index (Phi) is 36.7. The first kappa shape index (κ1) is 109. The van der Waals surface area contributed by atoms with Crippen LogP contribution in [0.3, 0.4) is 0 Å². The smallest absolute Gasteiger partial charge is 0.256 e. The Morgan fingerprint density at radius 2 is 0.824 bits per heavy atom. The molecule has 31 heteroatoms. The van der Waals surface area contributed by atoms with E-state index in [1.807, 2.05) is 194 Å². The van der Waals surface area contributed by atoms with Crippen LogP contribution in [0, 0.1) is 52.4 Å². The number of pyridine rings is 1. The van der Waals surface area contributed by atoms with Gasteiger partial charge in [0.1, 0.15) is 17.8 Å². The number of benzene rings is 7. The average molecular weight is 2060 g/mol. The number of thiazole rings is 3. The van der Waals surface area contributed by atoms with Gasteiger partial charge in [-0.25, -0.2) is 19.9 Å². The molecule has 5 aromatic heterocycles. The van der Waals surface area contributed by atoms with Crippen LogP contribution in [-0.2, 0) is 85.8 Å². The molecule has 4 saturated heterocycles. The van der Waals surface area contributed by atoms with Gasteiger partial charge in [-0.2, -0.15) is 0 Å². The lowest BCUT2D eigenvalue weighted by Crippen LogP contribution is -2.54. The third-order valence-corrected chi connectivity index (χ3v) is 32.3. The Morgan fingerprint density at radius 1 is 0.432 bits per heavy atom. The highest BCUT2D eigenvalue weighted by Crippen LogP contribution is 2.38. The number of methoxy groups -OCH3 is 1. The molecule has 18 rings (SSSR count). The number of amides is 6. The van der Waals surface area contributed by atoms with Crippen LogP contribution in [0.4, 0.5) is 0 Å². The summed E-state index contributed by atoms with van der Waals surface area (Å²) in [6.07, 6.45) is 6.74. The summed E-state index contributed by atoms with van der Waals surface area (Å²) in [7, 11) is 3.52. The number of likely N-dealkylation sites (tertiary alicyclic amines) is 4. The number of nitrogens with one attached hydrogen (secondary N) is 1. The fourth-order valence-electron chi connectivity index (χ4n) is 21.0. The second kappa shape index (κ2) is 49.8. The Bertz CT molecular complexity index is 6660. The zero-order valence-corrected chi connectivity index (χ0v) is 89.0. The summed E-state index contributed by atoms with van der Waals surface area (Å²) < 4.78 is 7.24. The number of hydrogen-bond acceptors (Lipinski definition) is 24. The van der Waals surface area contributed by atoms with Gasteiger partial charge >= 0.3 is 0 Å². The summed E-state index contributed by atoms with van der Waals surface area (Å²) in [5, 5.41) is 45.0. The number of hydrogen-bond donors (Lipinski definition) is 5. The van der Waals surface area contributed by atoms with Crippen molar-refractivity contribution in [1.29, 1.82) is 0 Å². The van der Waals surface area contributed by atoms with Crippen LogP contribution >= 0.6 is 34.0 Å². The Labute approximate surface area is 878 Å². The number of β-amino-alcohol motifs (C(OH)–C–C–N with tert-alkyl or cyclic N) is 4. The number of nitrogens with zero attached hydrogens (tertiary/aromatic N) is 12. The topological polar surface area (TPSA) is 362 Å². The van der Waals surface area contributed by atoms with E-state index in [4.69, 9.17) is 4.74 Å². The summed E-state index contributed by atoms with van der Waals surface area (Å²) in [5.74, 6) is -1.02. The van der Waals surface area contributed by atoms with Crippen molar-refractivity contribution in [3.63, 3.8) is 0 Å². The number of carbonyl (C=O) groups is 10. The summed E-state index contributed by atoms with van der Waals surface area (Å²) in [4.78, 5) is 168. The van der Waals surface area contributed by atoms with Crippen molar-refractivity contribution in [1.82, 2.24) is 64.2 Å². The Hall–Kier alpha value is -13.1. The van der Waals surface area contributed by atoms with Crippen LogP contribution in [0.25, 0.3) is 42.6 Å². The molecule has 0 saturated carbocycles. The monoisotopic (exact) mass is 2060 g/mol. The third-order valence-electron chi connectivity index (χ3n) is 29.4. The molecule has 11 heterocycles. The molecule has 4 fully saturated rings. The largest absolute Gasteiger partial charge is 0.497 e. The maximum absolute atomic E-state index is 13.9. The van der Waals surface area contributed by atoms with Crippen LogP contribution in [-0.4, -0.2) is 244 Å². The maximum Gasteiger partial charge on any atom is 0.256 e. The van der Waals surface area contributed by atoms with Gasteiger partial charge in [-0.15, -0.1) is 34.0 Å². The number of aryl methyl sites for hydroxylation is 10. The highest BCUT2D eigenvalue weighted by Gasteiger charge is 2.50. The van der Waals surface area contributed by atoms with Crippen LogP contribution in [0.1, 0.15) is 198 Å². The van der Waals surface area contributed by atoms with E-state index in [1.54, 1.807) is 98.7 Å². The van der Waals surface area contributed by atoms with Crippen LogP contribution in [0.15, 0.2) is 211 Å². The lowest BCUT2D eigenvalue weighted by atomic mass is 9.96. The van der Waals surface area contributed by atoms with Gasteiger partial charge in [0.25, 0.3) is 17.7 Å². The second-order valence-corrected chi connectivity index (χ2v) is 43.0. The maximum atomic E-state index is 13.9. The van der Waals surface area contributed by atoms with Crippen molar-refractivity contribution < 1.29 is 73.1 Å².